The zero-order valence-corrected chi connectivity index (χ0v) is 23.5. The van der Waals surface area contributed by atoms with Gasteiger partial charge in [-0.3, -0.25) is 4.98 Å². The van der Waals surface area contributed by atoms with Crippen molar-refractivity contribution in [1.82, 2.24) is 4.98 Å². The van der Waals surface area contributed by atoms with Crippen LogP contribution in [0.4, 0.5) is 17.1 Å². The van der Waals surface area contributed by atoms with E-state index in [1.165, 1.54) is 43.8 Å². The van der Waals surface area contributed by atoms with Crippen molar-refractivity contribution in [2.24, 2.45) is 0 Å². The SMILES string of the molecule is CC1(C)c2cccc3ccc4cc(-c5ccc(N(c6ccc(C#N)cc6)c6cccc7cccnc67)cc5)cc1c4c23. The Kier molecular flexibility index (Phi) is 5.23. The Labute approximate surface area is 244 Å². The van der Waals surface area contributed by atoms with Crippen molar-refractivity contribution >= 4 is 49.5 Å². The molecule has 0 saturated carbocycles. The summed E-state index contributed by atoms with van der Waals surface area (Å²) in [6.07, 6.45) is 1.84. The molecule has 1 heterocycles. The lowest BCUT2D eigenvalue weighted by atomic mass is 9.81. The molecular weight excluding hydrogens is 510 g/mol. The van der Waals surface area contributed by atoms with Crippen LogP contribution in [0.2, 0.25) is 0 Å². The maximum atomic E-state index is 9.39. The average Bonchev–Trinajstić information content (AvgIpc) is 3.28. The Bertz CT molecular complexity index is 2210. The van der Waals surface area contributed by atoms with Crippen LogP contribution >= 0.6 is 0 Å². The number of benzene rings is 6. The van der Waals surface area contributed by atoms with E-state index >= 15 is 0 Å². The number of hydrogen-bond donors (Lipinski definition) is 0. The van der Waals surface area contributed by atoms with Crippen LogP contribution in [0.15, 0.2) is 128 Å². The molecule has 1 aromatic heterocycles. The molecule has 8 rings (SSSR count). The molecule has 198 valence electrons. The highest BCUT2D eigenvalue weighted by Gasteiger charge is 2.34. The Morgan fingerprint density at radius 2 is 1.29 bits per heavy atom. The van der Waals surface area contributed by atoms with Gasteiger partial charge >= 0.3 is 0 Å². The second-order valence-corrected chi connectivity index (χ2v) is 11.6. The lowest BCUT2D eigenvalue weighted by Crippen LogP contribution is -2.15. The molecule has 0 saturated heterocycles. The highest BCUT2D eigenvalue weighted by Crippen LogP contribution is 2.50. The van der Waals surface area contributed by atoms with Gasteiger partial charge in [0.05, 0.1) is 22.8 Å². The maximum absolute atomic E-state index is 9.39. The van der Waals surface area contributed by atoms with Gasteiger partial charge in [-0.05, 0) is 104 Å². The lowest BCUT2D eigenvalue weighted by Gasteiger charge is -2.26. The third-order valence-corrected chi connectivity index (χ3v) is 8.87. The van der Waals surface area contributed by atoms with Gasteiger partial charge in [0.2, 0.25) is 0 Å². The number of pyridine rings is 1. The van der Waals surface area contributed by atoms with Gasteiger partial charge in [-0.25, -0.2) is 0 Å². The van der Waals surface area contributed by atoms with E-state index in [2.05, 4.69) is 116 Å². The molecule has 0 fully saturated rings. The third kappa shape index (κ3) is 3.56. The molecular formula is C39H27N3. The standard InChI is InChI=1S/C39H27N3/c1-39(2)33-9-3-6-27-13-14-29-22-30(23-34(39)37(29)36(27)33)26-15-19-32(20-16-26)42(31-17-11-25(24-40)12-18-31)35-10-4-7-28-8-5-21-41-38(28)35/h3-23H,1-2H3. The first-order valence-corrected chi connectivity index (χ1v) is 14.3. The molecule has 3 nitrogen and oxygen atoms in total. The van der Waals surface area contributed by atoms with Crippen molar-refractivity contribution in [2.45, 2.75) is 19.3 Å². The van der Waals surface area contributed by atoms with Gasteiger partial charge in [0, 0.05) is 28.4 Å². The fourth-order valence-corrected chi connectivity index (χ4v) is 6.75. The summed E-state index contributed by atoms with van der Waals surface area (Å²) in [5.74, 6) is 0. The van der Waals surface area contributed by atoms with Crippen molar-refractivity contribution in [3.63, 3.8) is 0 Å². The summed E-state index contributed by atoms with van der Waals surface area (Å²) in [5, 5.41) is 15.9. The molecule has 0 radical (unpaired) electrons. The molecule has 0 bridgehead atoms. The van der Waals surface area contributed by atoms with Crippen molar-refractivity contribution in [3.8, 4) is 17.2 Å². The fourth-order valence-electron chi connectivity index (χ4n) is 6.75. The molecule has 7 aromatic rings. The zero-order chi connectivity index (χ0) is 28.4. The van der Waals surface area contributed by atoms with Gasteiger partial charge in [-0.1, -0.05) is 74.5 Å². The smallest absolute Gasteiger partial charge is 0.0991 e. The minimum Gasteiger partial charge on any atom is -0.308 e. The van der Waals surface area contributed by atoms with Gasteiger partial charge in [-0.2, -0.15) is 5.26 Å². The van der Waals surface area contributed by atoms with Gasteiger partial charge < -0.3 is 4.90 Å². The van der Waals surface area contributed by atoms with E-state index in [-0.39, 0.29) is 5.41 Å². The van der Waals surface area contributed by atoms with Gasteiger partial charge in [-0.15, -0.1) is 0 Å². The Morgan fingerprint density at radius 1 is 0.619 bits per heavy atom. The van der Waals surface area contributed by atoms with Gasteiger partial charge in [0.15, 0.2) is 0 Å². The number of nitriles is 1. The number of aromatic nitrogens is 1. The molecule has 6 aromatic carbocycles. The van der Waals surface area contributed by atoms with Crippen molar-refractivity contribution in [2.75, 3.05) is 4.90 Å². The summed E-state index contributed by atoms with van der Waals surface area (Å²) < 4.78 is 0. The highest BCUT2D eigenvalue weighted by atomic mass is 15.1. The Balaban J connectivity index is 1.26. The number of para-hydroxylation sites is 1. The molecule has 42 heavy (non-hydrogen) atoms. The predicted molar refractivity (Wildman–Crippen MR) is 174 cm³/mol. The van der Waals surface area contributed by atoms with Gasteiger partial charge in [0.1, 0.15) is 0 Å². The van der Waals surface area contributed by atoms with E-state index in [1.54, 1.807) is 0 Å². The molecule has 0 amide bonds. The summed E-state index contributed by atoms with van der Waals surface area (Å²) in [6.45, 7) is 4.69. The molecule has 3 heteroatoms. The van der Waals surface area contributed by atoms with Gasteiger partial charge in [0.25, 0.3) is 0 Å². The van der Waals surface area contributed by atoms with E-state index in [0.29, 0.717) is 5.56 Å². The van der Waals surface area contributed by atoms with Crippen LogP contribution in [0.5, 0.6) is 0 Å². The largest absolute Gasteiger partial charge is 0.308 e. The number of hydrogen-bond acceptors (Lipinski definition) is 3. The third-order valence-electron chi connectivity index (χ3n) is 8.87. The quantitative estimate of drug-likeness (QED) is 0.210. The minimum absolute atomic E-state index is 0.0504. The summed E-state index contributed by atoms with van der Waals surface area (Å²) in [5.41, 5.74) is 9.72. The molecule has 0 atom stereocenters. The van der Waals surface area contributed by atoms with Crippen LogP contribution in [-0.4, -0.2) is 4.98 Å². The lowest BCUT2D eigenvalue weighted by molar-refractivity contribution is 0.663. The zero-order valence-electron chi connectivity index (χ0n) is 23.5. The number of anilines is 3. The van der Waals surface area contributed by atoms with Crippen LogP contribution in [0.1, 0.15) is 30.5 Å². The van der Waals surface area contributed by atoms with Crippen LogP contribution in [0, 0.1) is 11.3 Å². The fraction of sp³-hybridized carbons (Fsp3) is 0.0769. The van der Waals surface area contributed by atoms with E-state index < -0.39 is 0 Å². The first kappa shape index (κ1) is 24.3. The number of fused-ring (bicyclic) bond motifs is 1. The molecule has 0 spiro atoms. The summed E-state index contributed by atoms with van der Waals surface area (Å²) in [6, 6.07) is 45.0. The second kappa shape index (κ2) is 9.03. The minimum atomic E-state index is -0.0504. The molecule has 0 N–H and O–H groups in total. The summed E-state index contributed by atoms with van der Waals surface area (Å²) in [7, 11) is 0. The van der Waals surface area contributed by atoms with E-state index in [0.717, 1.165) is 28.0 Å². The summed E-state index contributed by atoms with van der Waals surface area (Å²) >= 11 is 0. The monoisotopic (exact) mass is 537 g/mol. The highest BCUT2D eigenvalue weighted by molar-refractivity contribution is 6.15. The average molecular weight is 538 g/mol. The molecule has 1 aliphatic rings. The van der Waals surface area contributed by atoms with Crippen LogP contribution in [0.3, 0.4) is 0 Å². The van der Waals surface area contributed by atoms with Crippen LogP contribution in [0.25, 0.3) is 43.6 Å². The second-order valence-electron chi connectivity index (χ2n) is 11.6. The normalized spacial score (nSPS) is 13.2. The predicted octanol–water partition coefficient (Wildman–Crippen LogP) is 10.2. The van der Waals surface area contributed by atoms with Crippen molar-refractivity contribution in [3.05, 3.63) is 144 Å². The Hall–Kier alpha value is -5.46. The summed E-state index contributed by atoms with van der Waals surface area (Å²) in [4.78, 5) is 6.96. The first-order valence-electron chi connectivity index (χ1n) is 14.3. The van der Waals surface area contributed by atoms with E-state index in [1.807, 2.05) is 36.5 Å². The topological polar surface area (TPSA) is 39.9 Å². The molecule has 0 aliphatic heterocycles. The maximum Gasteiger partial charge on any atom is 0.0991 e. The number of nitrogens with zero attached hydrogens (tertiary/aromatic N) is 3. The molecule has 1 aliphatic carbocycles. The van der Waals surface area contributed by atoms with Crippen LogP contribution in [-0.2, 0) is 5.41 Å². The van der Waals surface area contributed by atoms with Crippen molar-refractivity contribution in [1.29, 1.82) is 5.26 Å². The van der Waals surface area contributed by atoms with E-state index in [4.69, 9.17) is 4.98 Å². The number of rotatable bonds is 4. The Morgan fingerprint density at radius 3 is 2.07 bits per heavy atom. The van der Waals surface area contributed by atoms with E-state index in [9.17, 15) is 5.26 Å². The van der Waals surface area contributed by atoms with Crippen LogP contribution < -0.4 is 4.90 Å². The van der Waals surface area contributed by atoms with Crippen molar-refractivity contribution < 1.29 is 0 Å². The first-order chi connectivity index (χ1) is 20.5. The molecule has 0 unspecified atom stereocenters.